The van der Waals surface area contributed by atoms with Gasteiger partial charge in [0.05, 0.1) is 0 Å². The molecule has 0 spiro atoms. The fourth-order valence-electron chi connectivity index (χ4n) is 1.53. The zero-order valence-electron chi connectivity index (χ0n) is 9.35. The third-order valence-electron chi connectivity index (χ3n) is 2.52. The van der Waals surface area contributed by atoms with Crippen molar-refractivity contribution >= 4 is 17.9 Å². The van der Waals surface area contributed by atoms with Gasteiger partial charge in [-0.3, -0.25) is 4.79 Å². The van der Waals surface area contributed by atoms with Gasteiger partial charge in [0.2, 0.25) is 0 Å². The summed E-state index contributed by atoms with van der Waals surface area (Å²) in [6.45, 7) is 0.721. The van der Waals surface area contributed by atoms with Gasteiger partial charge in [0, 0.05) is 6.42 Å². The Bertz CT molecular complexity index is 312. The van der Waals surface area contributed by atoms with E-state index in [0.717, 1.165) is 13.0 Å². The SMILES string of the molecule is N[C@@H](CCC(=O)O)C(=O)OC(=O)[C@H]1CCCN1. The number of ether oxygens (including phenoxy) is 1. The molecule has 0 amide bonds. The highest BCUT2D eigenvalue weighted by Crippen LogP contribution is 2.07. The molecule has 0 unspecified atom stereocenters. The maximum atomic E-state index is 11.4. The molecule has 0 aromatic carbocycles. The van der Waals surface area contributed by atoms with E-state index in [-0.39, 0.29) is 12.8 Å². The van der Waals surface area contributed by atoms with Crippen LogP contribution in [0.3, 0.4) is 0 Å². The van der Waals surface area contributed by atoms with Crippen LogP contribution < -0.4 is 11.1 Å². The van der Waals surface area contributed by atoms with E-state index in [1.54, 1.807) is 0 Å². The Labute approximate surface area is 98.3 Å². The summed E-state index contributed by atoms with van der Waals surface area (Å²) < 4.78 is 4.57. The van der Waals surface area contributed by atoms with Crippen LogP contribution in [0.25, 0.3) is 0 Å². The number of carboxylic acid groups (broad SMARTS) is 1. The molecular weight excluding hydrogens is 228 g/mol. The summed E-state index contributed by atoms with van der Waals surface area (Å²) in [5.41, 5.74) is 5.40. The van der Waals surface area contributed by atoms with Crippen molar-refractivity contribution in [2.75, 3.05) is 6.54 Å². The highest BCUT2D eigenvalue weighted by atomic mass is 16.6. The van der Waals surface area contributed by atoms with E-state index >= 15 is 0 Å². The van der Waals surface area contributed by atoms with Crippen LogP contribution in [0.1, 0.15) is 25.7 Å². The highest BCUT2D eigenvalue weighted by Gasteiger charge is 2.27. The van der Waals surface area contributed by atoms with Gasteiger partial charge >= 0.3 is 17.9 Å². The fourth-order valence-corrected chi connectivity index (χ4v) is 1.53. The summed E-state index contributed by atoms with van der Waals surface area (Å²) in [7, 11) is 0. The van der Waals surface area contributed by atoms with E-state index in [2.05, 4.69) is 10.1 Å². The number of rotatable bonds is 5. The Morgan fingerprint density at radius 2 is 2.18 bits per heavy atom. The average Bonchev–Trinajstić information content (AvgIpc) is 2.78. The molecule has 0 aromatic heterocycles. The van der Waals surface area contributed by atoms with Gasteiger partial charge in [-0.05, 0) is 25.8 Å². The van der Waals surface area contributed by atoms with Crippen LogP contribution in [-0.2, 0) is 19.1 Å². The molecule has 2 atom stereocenters. The van der Waals surface area contributed by atoms with E-state index in [0.29, 0.717) is 6.42 Å². The third-order valence-corrected chi connectivity index (χ3v) is 2.52. The van der Waals surface area contributed by atoms with Crippen molar-refractivity contribution in [3.63, 3.8) is 0 Å². The quantitative estimate of drug-likeness (QED) is 0.419. The molecule has 7 heteroatoms. The largest absolute Gasteiger partial charge is 0.481 e. The first-order chi connectivity index (χ1) is 8.00. The lowest BCUT2D eigenvalue weighted by molar-refractivity contribution is -0.162. The molecule has 1 fully saturated rings. The van der Waals surface area contributed by atoms with Gasteiger partial charge in [-0.15, -0.1) is 0 Å². The molecule has 1 rings (SSSR count). The number of esters is 2. The fraction of sp³-hybridized carbons (Fsp3) is 0.700. The summed E-state index contributed by atoms with van der Waals surface area (Å²) >= 11 is 0. The molecule has 0 aromatic rings. The molecule has 1 aliphatic rings. The molecule has 4 N–H and O–H groups in total. The Hall–Kier alpha value is -1.47. The van der Waals surface area contributed by atoms with E-state index in [4.69, 9.17) is 10.8 Å². The molecule has 0 radical (unpaired) electrons. The second-order valence-electron chi connectivity index (χ2n) is 3.93. The van der Waals surface area contributed by atoms with E-state index in [9.17, 15) is 14.4 Å². The molecule has 0 bridgehead atoms. The lowest BCUT2D eigenvalue weighted by Gasteiger charge is -2.12. The van der Waals surface area contributed by atoms with Crippen molar-refractivity contribution in [1.82, 2.24) is 5.32 Å². The maximum absolute atomic E-state index is 11.4. The van der Waals surface area contributed by atoms with Crippen LogP contribution in [0.2, 0.25) is 0 Å². The van der Waals surface area contributed by atoms with Crippen molar-refractivity contribution in [2.24, 2.45) is 5.73 Å². The first-order valence-corrected chi connectivity index (χ1v) is 5.47. The highest BCUT2D eigenvalue weighted by molar-refractivity contribution is 5.91. The summed E-state index contributed by atoms with van der Waals surface area (Å²) in [5, 5.41) is 11.3. The first-order valence-electron chi connectivity index (χ1n) is 5.47. The molecule has 96 valence electrons. The number of nitrogens with two attached hydrogens (primary N) is 1. The molecule has 1 heterocycles. The standard InChI is InChI=1S/C10H16N2O5/c11-6(3-4-8(13)14)9(15)17-10(16)7-2-1-5-12-7/h6-7,12H,1-5,11H2,(H,13,14)/t6-,7+/m0/s1. The lowest BCUT2D eigenvalue weighted by Crippen LogP contribution is -2.39. The predicted octanol–water partition coefficient (Wildman–Crippen LogP) is -1.000. The average molecular weight is 244 g/mol. The molecule has 1 saturated heterocycles. The Kier molecular flexibility index (Phi) is 5.05. The smallest absolute Gasteiger partial charge is 0.330 e. The number of nitrogens with one attached hydrogen (secondary N) is 1. The van der Waals surface area contributed by atoms with Crippen molar-refractivity contribution in [2.45, 2.75) is 37.8 Å². The monoisotopic (exact) mass is 244 g/mol. The van der Waals surface area contributed by atoms with Crippen LogP contribution in [0, 0.1) is 0 Å². The predicted molar refractivity (Wildman–Crippen MR) is 57.0 cm³/mol. The van der Waals surface area contributed by atoms with Gasteiger partial charge in [-0.25, -0.2) is 9.59 Å². The van der Waals surface area contributed by atoms with Gasteiger partial charge in [0.25, 0.3) is 0 Å². The lowest BCUT2D eigenvalue weighted by atomic mass is 10.2. The van der Waals surface area contributed by atoms with Crippen LogP contribution in [0.15, 0.2) is 0 Å². The molecular formula is C10H16N2O5. The van der Waals surface area contributed by atoms with Crippen LogP contribution in [-0.4, -0.2) is 41.6 Å². The number of carbonyl (C=O) groups excluding carboxylic acids is 2. The van der Waals surface area contributed by atoms with Gasteiger partial charge in [0.15, 0.2) is 0 Å². The summed E-state index contributed by atoms with van der Waals surface area (Å²) in [6.07, 6.45) is 1.22. The van der Waals surface area contributed by atoms with E-state index in [1.165, 1.54) is 0 Å². The number of aliphatic carboxylic acids is 1. The summed E-state index contributed by atoms with van der Waals surface area (Å²) in [5.74, 6) is -2.56. The van der Waals surface area contributed by atoms with Crippen molar-refractivity contribution in [3.8, 4) is 0 Å². The minimum atomic E-state index is -1.07. The van der Waals surface area contributed by atoms with Crippen molar-refractivity contribution in [3.05, 3.63) is 0 Å². The summed E-state index contributed by atoms with van der Waals surface area (Å²) in [6, 6.07) is -1.53. The van der Waals surface area contributed by atoms with Gasteiger partial charge in [0.1, 0.15) is 12.1 Å². The first kappa shape index (κ1) is 13.6. The van der Waals surface area contributed by atoms with E-state index in [1.807, 2.05) is 0 Å². The van der Waals surface area contributed by atoms with Crippen LogP contribution in [0.5, 0.6) is 0 Å². The van der Waals surface area contributed by atoms with Crippen LogP contribution in [0.4, 0.5) is 0 Å². The molecule has 0 saturated carbocycles. The van der Waals surface area contributed by atoms with Crippen molar-refractivity contribution in [1.29, 1.82) is 0 Å². The topological polar surface area (TPSA) is 119 Å². The molecule has 17 heavy (non-hydrogen) atoms. The normalized spacial score (nSPS) is 20.9. The second kappa shape index (κ2) is 6.31. The Morgan fingerprint density at radius 3 is 2.71 bits per heavy atom. The number of carbonyl (C=O) groups is 3. The Balaban J connectivity index is 2.31. The van der Waals surface area contributed by atoms with Crippen molar-refractivity contribution < 1.29 is 24.2 Å². The van der Waals surface area contributed by atoms with Crippen LogP contribution >= 0.6 is 0 Å². The zero-order valence-corrected chi connectivity index (χ0v) is 9.35. The number of carboxylic acids is 1. The van der Waals surface area contributed by atoms with Gasteiger partial charge in [-0.1, -0.05) is 0 Å². The zero-order chi connectivity index (χ0) is 12.8. The maximum Gasteiger partial charge on any atom is 0.330 e. The number of hydrogen-bond donors (Lipinski definition) is 3. The molecule has 1 aliphatic heterocycles. The second-order valence-corrected chi connectivity index (χ2v) is 3.93. The molecule has 7 nitrogen and oxygen atoms in total. The van der Waals surface area contributed by atoms with E-state index < -0.39 is 30.0 Å². The molecule has 0 aliphatic carbocycles. The third kappa shape index (κ3) is 4.49. The minimum Gasteiger partial charge on any atom is -0.481 e. The van der Waals surface area contributed by atoms with Gasteiger partial charge < -0.3 is 20.9 Å². The number of hydrogen-bond acceptors (Lipinski definition) is 6. The minimum absolute atomic E-state index is 0.0421. The Morgan fingerprint density at radius 1 is 1.47 bits per heavy atom. The van der Waals surface area contributed by atoms with Gasteiger partial charge in [-0.2, -0.15) is 0 Å². The summed E-state index contributed by atoms with van der Waals surface area (Å²) in [4.78, 5) is 33.0.